The van der Waals surface area contributed by atoms with Crippen LogP contribution in [0.2, 0.25) is 0 Å². The lowest BCUT2D eigenvalue weighted by Crippen LogP contribution is -2.33. The summed E-state index contributed by atoms with van der Waals surface area (Å²) in [6, 6.07) is 71.0. The third kappa shape index (κ3) is 7.66. The molecule has 15 rings (SSSR count). The van der Waals surface area contributed by atoms with Crippen molar-refractivity contribution in [3.05, 3.63) is 279 Å². The first-order chi connectivity index (χ1) is 41.7. The predicted octanol–water partition coefficient (Wildman–Crippen LogP) is 16.9. The first-order valence-corrected chi connectivity index (χ1v) is 30.2. The van der Waals surface area contributed by atoms with E-state index in [0.29, 0.717) is 27.8 Å². The lowest BCUT2D eigenvalue weighted by Gasteiger charge is -2.43. The van der Waals surface area contributed by atoms with Crippen molar-refractivity contribution in [3.63, 3.8) is 0 Å². The zero-order valence-electron chi connectivity index (χ0n) is 47.1. The highest BCUT2D eigenvalue weighted by molar-refractivity contribution is 7.27. The summed E-state index contributed by atoms with van der Waals surface area (Å²) in [5.74, 6) is -0.110. The Labute approximate surface area is 500 Å². The topological polar surface area (TPSA) is 86.7 Å². The Hall–Kier alpha value is -10.5. The molecule has 0 amide bonds. The predicted molar refractivity (Wildman–Crippen MR) is 360 cm³/mol. The van der Waals surface area contributed by atoms with E-state index in [4.69, 9.17) is 18.9 Å². The highest BCUT2D eigenvalue weighted by Crippen LogP contribution is 2.61. The minimum Gasteiger partial charge on any atom is -0.396 e. The highest BCUT2D eigenvalue weighted by Gasteiger charge is 2.43. The van der Waals surface area contributed by atoms with E-state index in [1.54, 1.807) is 22.7 Å². The summed E-state index contributed by atoms with van der Waals surface area (Å²) in [4.78, 5) is 2.21. The molecule has 2 aliphatic carbocycles. The fourth-order valence-electron chi connectivity index (χ4n) is 13.9. The Morgan fingerprint density at radius 2 is 1.16 bits per heavy atom. The lowest BCUT2D eigenvalue weighted by molar-refractivity contribution is 0.658. The summed E-state index contributed by atoms with van der Waals surface area (Å²) >= 11 is 3.47. The van der Waals surface area contributed by atoms with Gasteiger partial charge in [0.2, 0.25) is 0 Å². The van der Waals surface area contributed by atoms with E-state index in [2.05, 4.69) is 224 Å². The summed E-state index contributed by atoms with van der Waals surface area (Å²) in [6.45, 7) is 16.1. The number of nitrogen functional groups attached to an aromatic ring is 1. The van der Waals surface area contributed by atoms with Crippen molar-refractivity contribution in [2.45, 2.75) is 26.7 Å². The maximum absolute atomic E-state index is 12.6. The van der Waals surface area contributed by atoms with E-state index in [0.717, 1.165) is 107 Å². The smallest absolute Gasteiger partial charge is 0.104 e. The van der Waals surface area contributed by atoms with E-state index in [1.807, 2.05) is 47.0 Å². The molecule has 404 valence electrons. The number of hydrogen-bond acceptors (Lipinski definition) is 6. The van der Waals surface area contributed by atoms with Crippen LogP contribution in [0.4, 0.5) is 17.1 Å². The SMILES string of the molecule is C=c1ccccccc(=C)n1-c1c(C#N)c(N2C3=C(c4ccccc4-c4ccccc4)C(=C3)c3ccc4c(sc5ccccc54)c32)c(N)c(C#N)c1-n1c(C)c(C(C)[C@H]2C=CC=C/C2=c2\cccc\c2=C\C)c2ccc3c4ccccc4sc3c21. The maximum Gasteiger partial charge on any atom is 0.104 e. The molecule has 5 heterocycles. The van der Waals surface area contributed by atoms with Crippen molar-refractivity contribution in [2.75, 3.05) is 10.6 Å². The Morgan fingerprint density at radius 1 is 0.576 bits per heavy atom. The second-order valence-corrected chi connectivity index (χ2v) is 24.1. The molecule has 0 saturated heterocycles. The molecule has 8 heteroatoms. The molecule has 3 aliphatic rings. The van der Waals surface area contributed by atoms with Gasteiger partial charge >= 0.3 is 0 Å². The minimum absolute atomic E-state index is 0.0285. The van der Waals surface area contributed by atoms with Gasteiger partial charge in [-0.25, -0.2) is 0 Å². The fourth-order valence-corrected chi connectivity index (χ4v) is 16.3. The summed E-state index contributed by atoms with van der Waals surface area (Å²) in [6.07, 6.45) is 13.3. The first-order valence-electron chi connectivity index (χ1n) is 28.6. The van der Waals surface area contributed by atoms with Crippen LogP contribution in [0.3, 0.4) is 0 Å². The van der Waals surface area contributed by atoms with Gasteiger partial charge in [0.05, 0.1) is 49.1 Å². The van der Waals surface area contributed by atoms with Crippen molar-refractivity contribution in [2.24, 2.45) is 5.92 Å². The Balaban J connectivity index is 1.11. The molecule has 0 fully saturated rings. The first kappa shape index (κ1) is 51.4. The van der Waals surface area contributed by atoms with Gasteiger partial charge in [0.15, 0.2) is 0 Å². The fraction of sp³-hybridized carbons (Fsp3) is 0.0649. The average molecular weight is 1130 g/mol. The Morgan fingerprint density at radius 3 is 1.88 bits per heavy atom. The van der Waals surface area contributed by atoms with Gasteiger partial charge in [-0.15, -0.1) is 22.7 Å². The van der Waals surface area contributed by atoms with Crippen LogP contribution in [0.5, 0.6) is 0 Å². The van der Waals surface area contributed by atoms with Gasteiger partial charge in [0.25, 0.3) is 0 Å². The molecule has 2 atom stereocenters. The maximum atomic E-state index is 12.6. The highest BCUT2D eigenvalue weighted by atomic mass is 32.1. The van der Waals surface area contributed by atoms with Crippen molar-refractivity contribution in [3.8, 4) is 34.6 Å². The molecule has 8 aromatic carbocycles. The van der Waals surface area contributed by atoms with E-state index >= 15 is 0 Å². The molecule has 1 aliphatic heterocycles. The number of nitrogens with zero attached hydrogens (tertiary/aromatic N) is 5. The molecule has 2 N–H and O–H groups in total. The number of thiophene rings is 2. The number of nitriles is 2. The number of allylic oxidation sites excluding steroid dienone is 7. The molecule has 85 heavy (non-hydrogen) atoms. The number of anilines is 3. The molecule has 1 unspecified atom stereocenters. The summed E-state index contributed by atoms with van der Waals surface area (Å²) in [5, 5.41) is 34.0. The summed E-state index contributed by atoms with van der Waals surface area (Å²) < 4.78 is 8.63. The third-order valence-electron chi connectivity index (χ3n) is 17.6. The van der Waals surface area contributed by atoms with Gasteiger partial charge in [-0.3, -0.25) is 0 Å². The second-order valence-electron chi connectivity index (χ2n) is 22.0. The third-order valence-corrected chi connectivity index (χ3v) is 20.0. The van der Waals surface area contributed by atoms with Crippen LogP contribution >= 0.6 is 22.7 Å². The van der Waals surface area contributed by atoms with Gasteiger partial charge < -0.3 is 19.8 Å². The number of rotatable bonds is 7. The van der Waals surface area contributed by atoms with E-state index in [9.17, 15) is 10.5 Å². The molecular formula is C77H54N6S2. The van der Waals surface area contributed by atoms with Gasteiger partial charge in [-0.1, -0.05) is 214 Å². The number of fused-ring (bicyclic) bond motifs is 12. The van der Waals surface area contributed by atoms with Crippen molar-refractivity contribution in [1.29, 1.82) is 10.5 Å². The zero-order chi connectivity index (χ0) is 57.8. The molecule has 6 nitrogen and oxygen atoms in total. The average Bonchev–Trinajstić information content (AvgIpc) is 1.64. The van der Waals surface area contributed by atoms with Crippen LogP contribution in [0, 0.1) is 35.5 Å². The number of benzene rings is 8. The number of hydrogen-bond donors (Lipinski definition) is 1. The van der Waals surface area contributed by atoms with Crippen molar-refractivity contribution in [1.82, 2.24) is 9.13 Å². The van der Waals surface area contributed by atoms with Crippen LogP contribution < -0.4 is 31.8 Å². The monoisotopic (exact) mass is 1130 g/mol. The standard InChI is InChI=1S/C77H54N6S2/c1-6-49-26-14-15-30-52(49)54-32-18-16-29-51(54)47(4)68-48(5)82(75-61(68)41-40-60-56-34-21-23-37-67(56)85-77(60)75)72-63(43-78)70(80)71(64(44-79)73(72)81-45(2)24-10-7-8-11-25-46(81)3)83-65-42-62(69(65)57-35-19-17-31-53(57)50-27-12-9-13-28-50)58-38-39-59-55-33-20-22-36-66(55)84-76(59)74(58)83/h6-42,47,51H,2-3,80H2,1,4-5H3/b8-7?,24-10?,25-11?,49-6-,54-52-/t47?,51-/m1/s1. The molecule has 2 bridgehead atoms. The van der Waals surface area contributed by atoms with Crippen LogP contribution in [-0.2, 0) is 0 Å². The van der Waals surface area contributed by atoms with E-state index in [-0.39, 0.29) is 28.7 Å². The summed E-state index contributed by atoms with van der Waals surface area (Å²) in [7, 11) is 0. The zero-order valence-corrected chi connectivity index (χ0v) is 48.7. The van der Waals surface area contributed by atoms with Crippen LogP contribution in [0.1, 0.15) is 53.3 Å². The largest absolute Gasteiger partial charge is 0.396 e. The number of nitrogens with two attached hydrogens (primary N) is 1. The molecule has 0 spiro atoms. The number of aromatic nitrogens is 2. The van der Waals surface area contributed by atoms with Crippen LogP contribution in [0.25, 0.3) is 110 Å². The van der Waals surface area contributed by atoms with Crippen LogP contribution in [0.15, 0.2) is 224 Å². The summed E-state index contributed by atoms with van der Waals surface area (Å²) in [5.41, 5.74) is 22.4. The van der Waals surface area contributed by atoms with Gasteiger partial charge in [-0.05, 0) is 93.9 Å². The van der Waals surface area contributed by atoms with Gasteiger partial charge in [0.1, 0.15) is 23.3 Å². The van der Waals surface area contributed by atoms with Gasteiger partial charge in [0, 0.05) is 69.8 Å². The van der Waals surface area contributed by atoms with Gasteiger partial charge in [-0.2, -0.15) is 10.5 Å². The molecule has 0 radical (unpaired) electrons. The minimum atomic E-state index is -0.0814. The quantitative estimate of drug-likeness (QED) is 0.161. The Bertz CT molecular complexity index is 5410. The normalized spacial score (nSPS) is 15.5. The molecular weight excluding hydrogens is 1070 g/mol. The van der Waals surface area contributed by atoms with E-state index in [1.165, 1.54) is 16.0 Å². The molecule has 0 saturated carbocycles. The van der Waals surface area contributed by atoms with Crippen molar-refractivity contribution >= 4 is 127 Å². The van der Waals surface area contributed by atoms with E-state index < -0.39 is 0 Å². The lowest BCUT2D eigenvalue weighted by atomic mass is 9.75. The van der Waals surface area contributed by atoms with Crippen LogP contribution in [-0.4, -0.2) is 9.13 Å². The molecule has 4 aromatic heterocycles. The Kier molecular flexibility index (Phi) is 12.2. The second kappa shape index (κ2) is 20.2. The molecule has 12 aromatic rings. The van der Waals surface area contributed by atoms with Crippen molar-refractivity contribution < 1.29 is 0 Å².